The second-order valence-corrected chi connectivity index (χ2v) is 5.59. The van der Waals surface area contributed by atoms with Crippen molar-refractivity contribution in [3.05, 3.63) is 24.3 Å². The number of carbonyl (C=O) groups is 3. The van der Waals surface area contributed by atoms with E-state index in [1.54, 1.807) is 50.2 Å². The van der Waals surface area contributed by atoms with Crippen LogP contribution in [0.1, 0.15) is 6.92 Å². The number of hydrogen-bond donors (Lipinski definition) is 2. The molecule has 0 unspecified atom stereocenters. The molecule has 1 fully saturated rings. The summed E-state index contributed by atoms with van der Waals surface area (Å²) in [5, 5.41) is 5.34. The van der Waals surface area contributed by atoms with E-state index in [4.69, 9.17) is 4.74 Å². The SMILES string of the molecule is COc1ccc(NC(=O)CN(C)[C@H](C)C(=O)N2CCNC2=O)cc1. The van der Waals surface area contributed by atoms with E-state index in [-0.39, 0.29) is 24.4 Å². The number of rotatable bonds is 6. The maximum absolute atomic E-state index is 12.3. The highest BCUT2D eigenvalue weighted by Gasteiger charge is 2.31. The van der Waals surface area contributed by atoms with Crippen LogP contribution in [0.3, 0.4) is 0 Å². The van der Waals surface area contributed by atoms with Crippen LogP contribution in [-0.4, -0.2) is 67.5 Å². The van der Waals surface area contributed by atoms with Gasteiger partial charge in [-0.15, -0.1) is 0 Å². The molecule has 0 bridgehead atoms. The molecule has 4 amide bonds. The normalized spacial score (nSPS) is 15.2. The number of amides is 4. The minimum atomic E-state index is -0.574. The van der Waals surface area contributed by atoms with E-state index >= 15 is 0 Å². The van der Waals surface area contributed by atoms with Crippen LogP contribution in [0.15, 0.2) is 24.3 Å². The lowest BCUT2D eigenvalue weighted by molar-refractivity contribution is -0.132. The van der Waals surface area contributed by atoms with Crippen LogP contribution in [0.25, 0.3) is 0 Å². The lowest BCUT2D eigenvalue weighted by Crippen LogP contribution is -2.48. The number of nitrogens with one attached hydrogen (secondary N) is 2. The third kappa shape index (κ3) is 4.23. The molecular formula is C16H22N4O4. The van der Waals surface area contributed by atoms with Gasteiger partial charge >= 0.3 is 6.03 Å². The Labute approximate surface area is 140 Å². The van der Waals surface area contributed by atoms with Gasteiger partial charge in [-0.2, -0.15) is 0 Å². The Bertz CT molecular complexity index is 617. The van der Waals surface area contributed by atoms with Gasteiger partial charge in [-0.05, 0) is 38.2 Å². The third-order valence-corrected chi connectivity index (χ3v) is 3.91. The monoisotopic (exact) mass is 334 g/mol. The van der Waals surface area contributed by atoms with Gasteiger partial charge in [0.25, 0.3) is 0 Å². The van der Waals surface area contributed by atoms with Crippen molar-refractivity contribution in [3.63, 3.8) is 0 Å². The molecule has 1 aliphatic rings. The first kappa shape index (κ1) is 17.7. The number of benzene rings is 1. The number of urea groups is 1. The molecule has 0 aliphatic carbocycles. The molecule has 2 rings (SSSR count). The largest absolute Gasteiger partial charge is 0.497 e. The highest BCUT2D eigenvalue weighted by atomic mass is 16.5. The maximum Gasteiger partial charge on any atom is 0.324 e. The second-order valence-electron chi connectivity index (χ2n) is 5.59. The number of carbonyl (C=O) groups excluding carboxylic acids is 3. The minimum Gasteiger partial charge on any atom is -0.497 e. The summed E-state index contributed by atoms with van der Waals surface area (Å²) >= 11 is 0. The Morgan fingerprint density at radius 3 is 2.58 bits per heavy atom. The number of hydrogen-bond acceptors (Lipinski definition) is 5. The topological polar surface area (TPSA) is 91.0 Å². The molecule has 8 nitrogen and oxygen atoms in total. The van der Waals surface area contributed by atoms with Crippen LogP contribution in [0, 0.1) is 0 Å². The smallest absolute Gasteiger partial charge is 0.324 e. The molecule has 130 valence electrons. The first-order valence-electron chi connectivity index (χ1n) is 7.65. The lowest BCUT2D eigenvalue weighted by atomic mass is 10.2. The van der Waals surface area contributed by atoms with Crippen molar-refractivity contribution in [2.75, 3.05) is 39.1 Å². The number of imide groups is 1. The molecule has 1 aromatic rings. The molecule has 0 saturated carbocycles. The van der Waals surface area contributed by atoms with Crippen molar-refractivity contribution < 1.29 is 19.1 Å². The number of anilines is 1. The average Bonchev–Trinajstić information content (AvgIpc) is 3.00. The third-order valence-electron chi connectivity index (χ3n) is 3.91. The maximum atomic E-state index is 12.3. The zero-order valence-electron chi connectivity index (χ0n) is 14.0. The molecular weight excluding hydrogens is 312 g/mol. The quantitative estimate of drug-likeness (QED) is 0.791. The van der Waals surface area contributed by atoms with Crippen molar-refractivity contribution in [1.82, 2.24) is 15.1 Å². The lowest BCUT2D eigenvalue weighted by Gasteiger charge is -2.26. The summed E-state index contributed by atoms with van der Waals surface area (Å²) in [6.45, 7) is 2.52. The van der Waals surface area contributed by atoms with Gasteiger partial charge in [-0.25, -0.2) is 4.79 Å². The molecule has 1 heterocycles. The van der Waals surface area contributed by atoms with Crippen molar-refractivity contribution in [1.29, 1.82) is 0 Å². The van der Waals surface area contributed by atoms with Crippen molar-refractivity contribution in [3.8, 4) is 5.75 Å². The van der Waals surface area contributed by atoms with Gasteiger partial charge in [0.2, 0.25) is 11.8 Å². The molecule has 2 N–H and O–H groups in total. The first-order chi connectivity index (χ1) is 11.4. The second kappa shape index (κ2) is 7.78. The summed E-state index contributed by atoms with van der Waals surface area (Å²) in [4.78, 5) is 38.7. The molecule has 24 heavy (non-hydrogen) atoms. The molecule has 8 heteroatoms. The predicted molar refractivity (Wildman–Crippen MR) is 88.8 cm³/mol. The highest BCUT2D eigenvalue weighted by Crippen LogP contribution is 2.15. The summed E-state index contributed by atoms with van der Waals surface area (Å²) in [7, 11) is 3.24. The van der Waals surface area contributed by atoms with Gasteiger partial charge in [0.05, 0.1) is 19.7 Å². The molecule has 1 atom stereocenters. The zero-order valence-corrected chi connectivity index (χ0v) is 14.0. The van der Waals surface area contributed by atoms with E-state index in [1.807, 2.05) is 0 Å². The summed E-state index contributed by atoms with van der Waals surface area (Å²) in [5.74, 6) is 0.145. The van der Waals surface area contributed by atoms with Crippen molar-refractivity contribution in [2.24, 2.45) is 0 Å². The van der Waals surface area contributed by atoms with Gasteiger partial charge in [0.1, 0.15) is 5.75 Å². The van der Waals surface area contributed by atoms with E-state index in [9.17, 15) is 14.4 Å². The molecule has 0 spiro atoms. The Morgan fingerprint density at radius 2 is 2.04 bits per heavy atom. The van der Waals surface area contributed by atoms with Gasteiger partial charge in [-0.3, -0.25) is 19.4 Å². The van der Waals surface area contributed by atoms with Gasteiger partial charge in [0, 0.05) is 18.8 Å². The fourth-order valence-electron chi connectivity index (χ4n) is 2.33. The van der Waals surface area contributed by atoms with Crippen LogP contribution < -0.4 is 15.4 Å². The fraction of sp³-hybridized carbons (Fsp3) is 0.438. The minimum absolute atomic E-state index is 0.0361. The predicted octanol–water partition coefficient (Wildman–Crippen LogP) is 0.506. The average molecular weight is 334 g/mol. The Balaban J connectivity index is 1.87. The van der Waals surface area contributed by atoms with E-state index in [0.29, 0.717) is 24.5 Å². The van der Waals surface area contributed by atoms with Gasteiger partial charge in [0.15, 0.2) is 0 Å². The van der Waals surface area contributed by atoms with Crippen LogP contribution in [-0.2, 0) is 9.59 Å². The highest BCUT2D eigenvalue weighted by molar-refractivity contribution is 5.98. The van der Waals surface area contributed by atoms with Crippen LogP contribution in [0.4, 0.5) is 10.5 Å². The number of methoxy groups -OCH3 is 1. The first-order valence-corrected chi connectivity index (χ1v) is 7.65. The molecule has 0 aromatic heterocycles. The zero-order chi connectivity index (χ0) is 17.7. The molecule has 1 aliphatic heterocycles. The fourth-order valence-corrected chi connectivity index (χ4v) is 2.33. The summed E-state index contributed by atoms with van der Waals surface area (Å²) in [6.07, 6.45) is 0. The summed E-state index contributed by atoms with van der Waals surface area (Å²) in [6, 6.07) is 6.01. The Kier molecular flexibility index (Phi) is 5.75. The van der Waals surface area contributed by atoms with E-state index in [1.165, 1.54) is 4.90 Å². The standard InChI is InChI=1S/C16H22N4O4/c1-11(15(22)20-9-8-17-16(20)23)19(2)10-14(21)18-12-4-6-13(24-3)7-5-12/h4-7,11H,8-10H2,1-3H3,(H,17,23)(H,18,21)/t11-/m1/s1. The summed E-state index contributed by atoms with van der Waals surface area (Å²) in [5.41, 5.74) is 0.645. The Hall–Kier alpha value is -2.61. The number of nitrogens with zero attached hydrogens (tertiary/aromatic N) is 2. The number of likely N-dealkylation sites (N-methyl/N-ethyl adjacent to an activating group) is 1. The van der Waals surface area contributed by atoms with Crippen LogP contribution in [0.5, 0.6) is 5.75 Å². The van der Waals surface area contributed by atoms with Gasteiger partial charge < -0.3 is 15.4 Å². The van der Waals surface area contributed by atoms with Crippen molar-refractivity contribution >= 4 is 23.5 Å². The summed E-state index contributed by atoms with van der Waals surface area (Å²) < 4.78 is 5.06. The van der Waals surface area contributed by atoms with E-state index in [0.717, 1.165) is 0 Å². The van der Waals surface area contributed by atoms with Crippen LogP contribution in [0.2, 0.25) is 0 Å². The van der Waals surface area contributed by atoms with Crippen LogP contribution >= 0.6 is 0 Å². The molecule has 1 aromatic carbocycles. The van der Waals surface area contributed by atoms with E-state index in [2.05, 4.69) is 10.6 Å². The molecule has 0 radical (unpaired) electrons. The van der Waals surface area contributed by atoms with Gasteiger partial charge in [-0.1, -0.05) is 0 Å². The molecule has 1 saturated heterocycles. The van der Waals surface area contributed by atoms with Crippen molar-refractivity contribution in [2.45, 2.75) is 13.0 Å². The Morgan fingerprint density at radius 1 is 1.38 bits per heavy atom. The number of ether oxygens (including phenoxy) is 1. The van der Waals surface area contributed by atoms with E-state index < -0.39 is 6.04 Å².